The highest BCUT2D eigenvalue weighted by Crippen LogP contribution is 2.23. The summed E-state index contributed by atoms with van der Waals surface area (Å²) in [5, 5.41) is 19.2. The minimum absolute atomic E-state index is 0.0601. The number of aliphatic hydroxyl groups is 2. The van der Waals surface area contributed by atoms with Crippen molar-refractivity contribution in [2.24, 2.45) is 5.73 Å². The van der Waals surface area contributed by atoms with E-state index in [9.17, 15) is 19.0 Å². The molecule has 2 atom stereocenters. The molecule has 4 aromatic rings. The van der Waals surface area contributed by atoms with Crippen molar-refractivity contribution < 1.29 is 27.8 Å². The van der Waals surface area contributed by atoms with Gasteiger partial charge in [0.05, 0.1) is 0 Å². The Balaban J connectivity index is 0.000000191. The van der Waals surface area contributed by atoms with Crippen LogP contribution < -0.4 is 5.73 Å². The third-order valence-corrected chi connectivity index (χ3v) is 4.61. The summed E-state index contributed by atoms with van der Waals surface area (Å²) >= 11 is 0. The van der Waals surface area contributed by atoms with Crippen molar-refractivity contribution >= 4 is 0 Å². The van der Waals surface area contributed by atoms with Crippen LogP contribution in [0.1, 0.15) is 30.0 Å². The molecule has 10 heteroatoms. The average molecular weight is 468 g/mol. The van der Waals surface area contributed by atoms with Gasteiger partial charge in [-0.15, -0.1) is 0 Å². The van der Waals surface area contributed by atoms with Crippen LogP contribution in [0, 0.1) is 18.2 Å². The van der Waals surface area contributed by atoms with Gasteiger partial charge < -0.3 is 29.6 Å². The van der Waals surface area contributed by atoms with Gasteiger partial charge in [0.1, 0.15) is 41.7 Å². The number of benzene rings is 2. The summed E-state index contributed by atoms with van der Waals surface area (Å²) in [7, 11) is 0. The topological polar surface area (TPSA) is 123 Å². The molecule has 0 radical (unpaired) electrons. The van der Waals surface area contributed by atoms with Gasteiger partial charge in [-0.05, 0) is 61.5 Å². The largest absolute Gasteiger partial charge is 0.444 e. The lowest BCUT2D eigenvalue weighted by atomic mass is 10.2. The molecule has 2 aromatic heterocycles. The first kappa shape index (κ1) is 24.7. The van der Waals surface area contributed by atoms with Gasteiger partial charge in [-0.25, -0.2) is 25.3 Å². The Labute approximate surface area is 194 Å². The van der Waals surface area contributed by atoms with Gasteiger partial charge in [0.15, 0.2) is 6.10 Å². The molecule has 0 aliphatic rings. The lowest BCUT2D eigenvalue weighted by molar-refractivity contribution is 0.165. The molecule has 0 amide bonds. The first-order chi connectivity index (χ1) is 16.4. The molecule has 4 N–H and O–H groups in total. The zero-order chi connectivity index (χ0) is 24.5. The van der Waals surface area contributed by atoms with E-state index in [0.29, 0.717) is 47.3 Å². The van der Waals surface area contributed by atoms with Crippen molar-refractivity contribution in [1.29, 1.82) is 0 Å². The number of hydrogen-bond donors (Lipinski definition) is 3. The first-order valence-electron chi connectivity index (χ1n) is 10.2. The van der Waals surface area contributed by atoms with Gasteiger partial charge in [0.25, 0.3) is 0 Å². The molecule has 176 valence electrons. The van der Waals surface area contributed by atoms with Crippen molar-refractivity contribution in [1.82, 2.24) is 9.97 Å². The van der Waals surface area contributed by atoms with E-state index in [4.69, 9.17) is 21.1 Å². The zero-order valence-corrected chi connectivity index (χ0v) is 17.9. The van der Waals surface area contributed by atoms with E-state index in [-0.39, 0.29) is 18.2 Å². The van der Waals surface area contributed by atoms with Gasteiger partial charge in [-0.3, -0.25) is 0 Å². The second-order valence-corrected chi connectivity index (χ2v) is 7.12. The van der Waals surface area contributed by atoms with E-state index in [2.05, 4.69) is 14.8 Å². The van der Waals surface area contributed by atoms with Crippen LogP contribution in [0.4, 0.5) is 8.78 Å². The van der Waals surface area contributed by atoms with Gasteiger partial charge in [-0.2, -0.15) is 0 Å². The average Bonchev–Trinajstić information content (AvgIpc) is 3.52. The van der Waals surface area contributed by atoms with Crippen molar-refractivity contribution in [3.8, 4) is 22.9 Å². The lowest BCUT2D eigenvalue weighted by Gasteiger charge is -2.02. The fourth-order valence-corrected chi connectivity index (χ4v) is 2.81. The lowest BCUT2D eigenvalue weighted by Crippen LogP contribution is -2.06. The minimum atomic E-state index is -0.953. The summed E-state index contributed by atoms with van der Waals surface area (Å²) in [5.74, 6) is -0.00244. The molecule has 0 bridgehead atoms. The molecule has 34 heavy (non-hydrogen) atoms. The van der Waals surface area contributed by atoms with Crippen LogP contribution in [-0.2, 0) is 0 Å². The molecule has 2 unspecified atom stereocenters. The van der Waals surface area contributed by atoms with Crippen LogP contribution in [0.15, 0.2) is 69.9 Å². The summed E-state index contributed by atoms with van der Waals surface area (Å²) in [6.45, 7) is 6.96. The number of nitrogens with zero attached hydrogens (tertiary/aromatic N) is 3. The number of rotatable bonds is 7. The number of halogens is 2. The molecule has 0 aliphatic heterocycles. The predicted molar refractivity (Wildman–Crippen MR) is 119 cm³/mol. The van der Waals surface area contributed by atoms with Gasteiger partial charge >= 0.3 is 0 Å². The molecule has 0 saturated carbocycles. The van der Waals surface area contributed by atoms with Crippen molar-refractivity contribution in [2.75, 3.05) is 13.1 Å². The SMILES string of the molecule is NCCC(O)c1coc(-c2ccc(F)cc2)n1.[C-]#[N+]CC(O)c1coc(-c2ccc(F)cc2)n1. The zero-order valence-electron chi connectivity index (χ0n) is 17.9. The highest BCUT2D eigenvalue weighted by atomic mass is 19.1. The van der Waals surface area contributed by atoms with Crippen LogP contribution >= 0.6 is 0 Å². The van der Waals surface area contributed by atoms with Crippen LogP contribution in [0.2, 0.25) is 0 Å². The fourth-order valence-electron chi connectivity index (χ4n) is 2.81. The highest BCUT2D eigenvalue weighted by molar-refractivity contribution is 5.53. The quantitative estimate of drug-likeness (QED) is 0.346. The third-order valence-electron chi connectivity index (χ3n) is 4.61. The van der Waals surface area contributed by atoms with Crippen LogP contribution in [0.5, 0.6) is 0 Å². The van der Waals surface area contributed by atoms with Crippen LogP contribution in [0.3, 0.4) is 0 Å². The summed E-state index contributed by atoms with van der Waals surface area (Å²) in [4.78, 5) is 11.3. The molecular formula is C24H22F2N4O4. The molecule has 0 aliphatic carbocycles. The predicted octanol–water partition coefficient (Wildman–Crippen LogP) is 4.30. The van der Waals surface area contributed by atoms with Crippen molar-refractivity contribution in [2.45, 2.75) is 18.6 Å². The molecule has 2 heterocycles. The maximum atomic E-state index is 12.7. The Morgan fingerprint density at radius 2 is 1.26 bits per heavy atom. The molecule has 0 fully saturated rings. The van der Waals surface area contributed by atoms with Crippen LogP contribution in [-0.4, -0.2) is 33.3 Å². The molecule has 8 nitrogen and oxygen atoms in total. The van der Waals surface area contributed by atoms with E-state index in [1.165, 1.54) is 48.9 Å². The number of hydrogen-bond acceptors (Lipinski definition) is 7. The molecule has 0 saturated heterocycles. The monoisotopic (exact) mass is 468 g/mol. The summed E-state index contributed by atoms with van der Waals surface area (Å²) < 4.78 is 35.8. The van der Waals surface area contributed by atoms with E-state index >= 15 is 0 Å². The molecule has 0 spiro atoms. The Morgan fingerprint density at radius 1 is 0.824 bits per heavy atom. The van der Waals surface area contributed by atoms with E-state index in [1.54, 1.807) is 12.1 Å². The summed E-state index contributed by atoms with van der Waals surface area (Å²) in [6.07, 6.45) is 1.44. The molecule has 2 aromatic carbocycles. The Kier molecular flexibility index (Phi) is 8.59. The smallest absolute Gasteiger partial charge is 0.246 e. The van der Waals surface area contributed by atoms with Crippen molar-refractivity contribution in [3.05, 3.63) is 95.5 Å². The maximum absolute atomic E-state index is 12.7. The van der Waals surface area contributed by atoms with Gasteiger partial charge in [0.2, 0.25) is 18.3 Å². The standard InChI is InChI=1S/C12H9FN2O2.C12H13FN2O2/c1-14-6-11(16)10-7-17-12(15-10)8-2-4-9(13)5-3-8;13-9-3-1-8(2-4-9)12-15-10(7-17-12)11(16)5-6-14/h2-5,7,11,16H,6H2;1-4,7,11,16H,5-6,14H2. The highest BCUT2D eigenvalue weighted by Gasteiger charge is 2.16. The Hall–Kier alpha value is -3.91. The normalized spacial score (nSPS) is 12.4. The number of aliphatic hydroxyl groups excluding tert-OH is 2. The van der Waals surface area contributed by atoms with Crippen molar-refractivity contribution in [3.63, 3.8) is 0 Å². The maximum Gasteiger partial charge on any atom is 0.246 e. The van der Waals surface area contributed by atoms with E-state index in [0.717, 1.165) is 0 Å². The second kappa shape index (κ2) is 11.8. The minimum Gasteiger partial charge on any atom is -0.444 e. The summed E-state index contributed by atoms with van der Waals surface area (Å²) in [6, 6.07) is 11.5. The van der Waals surface area contributed by atoms with E-state index in [1.807, 2.05) is 0 Å². The van der Waals surface area contributed by atoms with Crippen LogP contribution in [0.25, 0.3) is 27.8 Å². The fraction of sp³-hybridized carbons (Fsp3) is 0.208. The van der Waals surface area contributed by atoms with Gasteiger partial charge in [-0.1, -0.05) is 0 Å². The van der Waals surface area contributed by atoms with E-state index < -0.39 is 12.2 Å². The number of aromatic nitrogens is 2. The summed E-state index contributed by atoms with van der Waals surface area (Å²) in [5.41, 5.74) is 7.37. The number of oxazole rings is 2. The number of nitrogens with two attached hydrogens (primary N) is 1. The Morgan fingerprint density at radius 3 is 1.68 bits per heavy atom. The molecule has 4 rings (SSSR count). The molecular weight excluding hydrogens is 446 g/mol. The third kappa shape index (κ3) is 6.55. The van der Waals surface area contributed by atoms with Gasteiger partial charge in [0, 0.05) is 11.1 Å². The second-order valence-electron chi connectivity index (χ2n) is 7.12. The first-order valence-corrected chi connectivity index (χ1v) is 10.2. The Bertz CT molecular complexity index is 1220.